The van der Waals surface area contributed by atoms with Crippen molar-refractivity contribution in [2.75, 3.05) is 19.3 Å². The van der Waals surface area contributed by atoms with Crippen LogP contribution in [0, 0.1) is 0 Å². The first-order valence-electron chi connectivity index (χ1n) is 7.55. The second-order valence-electron chi connectivity index (χ2n) is 5.20. The first-order chi connectivity index (χ1) is 12.1. The molecule has 0 bridgehead atoms. The molecule has 0 fully saturated rings. The van der Waals surface area contributed by atoms with Crippen LogP contribution in [0.4, 0.5) is 0 Å². The van der Waals surface area contributed by atoms with Gasteiger partial charge < -0.3 is 26.8 Å². The molecule has 0 aromatic rings. The second-order valence-corrected chi connectivity index (χ2v) is 5.57. The van der Waals surface area contributed by atoms with E-state index in [0.29, 0.717) is 0 Å². The quantitative estimate of drug-likeness (QED) is 0.115. The average molecular weight is 390 g/mol. The van der Waals surface area contributed by atoms with Gasteiger partial charge in [-0.15, -0.1) is 0 Å². The number of nitrogens with one attached hydrogen (secondary N) is 3. The lowest BCUT2D eigenvalue weighted by Crippen LogP contribution is -2.49. The molecule has 0 spiro atoms. The van der Waals surface area contributed by atoms with Gasteiger partial charge in [-0.05, 0) is 6.42 Å². The number of carbonyl (C=O) groups is 6. The standard InChI is InChI=1S/C14H22N4O7S/c1-16-12(22)4-9(19)10(20)5-17-13(23)8(6-26)18-11(21)3-2-7(15)14(24)25/h7-8,26H,2-6,15H2,1H3,(H,16,22)(H,17,23)(H,18,21)(H,24,25)/t7-,8-/m0/s1. The van der Waals surface area contributed by atoms with Crippen molar-refractivity contribution in [3.63, 3.8) is 0 Å². The number of hydrogen-bond donors (Lipinski definition) is 6. The molecule has 2 atom stereocenters. The van der Waals surface area contributed by atoms with Crippen molar-refractivity contribution in [3.8, 4) is 0 Å². The molecule has 0 saturated heterocycles. The number of hydrogen-bond acceptors (Lipinski definition) is 8. The highest BCUT2D eigenvalue weighted by atomic mass is 32.1. The van der Waals surface area contributed by atoms with E-state index in [0.717, 1.165) is 0 Å². The molecule has 0 aliphatic heterocycles. The molecular formula is C14H22N4O7S. The highest BCUT2D eigenvalue weighted by molar-refractivity contribution is 7.80. The third kappa shape index (κ3) is 9.13. The number of amides is 3. The van der Waals surface area contributed by atoms with Crippen molar-refractivity contribution in [1.29, 1.82) is 0 Å². The van der Waals surface area contributed by atoms with E-state index in [2.05, 4.69) is 28.6 Å². The number of aliphatic carboxylic acids is 1. The van der Waals surface area contributed by atoms with Gasteiger partial charge in [0.25, 0.3) is 0 Å². The maximum atomic E-state index is 11.9. The first-order valence-corrected chi connectivity index (χ1v) is 8.18. The molecule has 0 unspecified atom stereocenters. The van der Waals surface area contributed by atoms with E-state index < -0.39 is 60.3 Å². The van der Waals surface area contributed by atoms with Gasteiger partial charge in [0.15, 0.2) is 0 Å². The highest BCUT2D eigenvalue weighted by Crippen LogP contribution is 1.97. The van der Waals surface area contributed by atoms with Crippen LogP contribution in [0.15, 0.2) is 0 Å². The highest BCUT2D eigenvalue weighted by Gasteiger charge is 2.23. The van der Waals surface area contributed by atoms with Crippen LogP contribution < -0.4 is 21.7 Å². The Labute approximate surface area is 154 Å². The maximum absolute atomic E-state index is 11.9. The number of carboxylic acids is 1. The summed E-state index contributed by atoms with van der Waals surface area (Å²) >= 11 is 3.91. The molecule has 0 radical (unpaired) electrons. The van der Waals surface area contributed by atoms with Crippen LogP contribution in [0.1, 0.15) is 19.3 Å². The predicted molar refractivity (Wildman–Crippen MR) is 92.3 cm³/mol. The number of nitrogens with two attached hydrogens (primary N) is 1. The molecule has 11 nitrogen and oxygen atoms in total. The number of Topliss-reactive ketones (excluding diaryl/α,β-unsaturated/α-hetero) is 2. The van der Waals surface area contributed by atoms with Crippen LogP contribution in [0.25, 0.3) is 0 Å². The smallest absolute Gasteiger partial charge is 0.320 e. The summed E-state index contributed by atoms with van der Waals surface area (Å²) in [5.74, 6) is -5.26. The van der Waals surface area contributed by atoms with Crippen LogP contribution in [0.5, 0.6) is 0 Å². The Morgan fingerprint density at radius 2 is 1.69 bits per heavy atom. The average Bonchev–Trinajstić information content (AvgIpc) is 2.61. The largest absolute Gasteiger partial charge is 0.480 e. The Morgan fingerprint density at radius 1 is 1.08 bits per heavy atom. The van der Waals surface area contributed by atoms with E-state index in [1.807, 2.05) is 0 Å². The Morgan fingerprint density at radius 3 is 2.19 bits per heavy atom. The van der Waals surface area contributed by atoms with Crippen LogP contribution >= 0.6 is 12.6 Å². The zero-order valence-corrected chi connectivity index (χ0v) is 15.0. The number of thiol groups is 1. The van der Waals surface area contributed by atoms with Crippen molar-refractivity contribution in [2.24, 2.45) is 5.73 Å². The molecule has 0 aliphatic carbocycles. The number of rotatable bonds is 12. The molecule has 26 heavy (non-hydrogen) atoms. The van der Waals surface area contributed by atoms with Gasteiger partial charge in [-0.25, -0.2) is 0 Å². The lowest BCUT2D eigenvalue weighted by molar-refractivity contribution is -0.139. The van der Waals surface area contributed by atoms with Gasteiger partial charge in [-0.3, -0.25) is 28.8 Å². The number of carbonyl (C=O) groups excluding carboxylic acids is 5. The normalized spacial score (nSPS) is 12.4. The molecule has 0 aromatic carbocycles. The Hall–Kier alpha value is -2.47. The van der Waals surface area contributed by atoms with E-state index in [4.69, 9.17) is 10.8 Å². The Kier molecular flexibility index (Phi) is 10.8. The van der Waals surface area contributed by atoms with Gasteiger partial charge in [-0.2, -0.15) is 12.6 Å². The molecule has 0 saturated carbocycles. The van der Waals surface area contributed by atoms with Crippen molar-refractivity contribution in [1.82, 2.24) is 16.0 Å². The molecule has 0 aromatic heterocycles. The summed E-state index contributed by atoms with van der Waals surface area (Å²) in [5.41, 5.74) is 5.27. The SMILES string of the molecule is CNC(=O)CC(=O)C(=O)CNC(=O)[C@H](CS)NC(=O)CC[C@H](N)C(=O)O. The van der Waals surface area contributed by atoms with Gasteiger partial charge in [-0.1, -0.05) is 0 Å². The Bertz CT molecular complexity index is 582. The lowest BCUT2D eigenvalue weighted by Gasteiger charge is -2.16. The topological polar surface area (TPSA) is 185 Å². The molecule has 0 heterocycles. The molecule has 0 aliphatic rings. The van der Waals surface area contributed by atoms with Crippen molar-refractivity contribution < 1.29 is 33.9 Å². The van der Waals surface area contributed by atoms with E-state index in [-0.39, 0.29) is 18.6 Å². The third-order valence-corrected chi connectivity index (χ3v) is 3.53. The van der Waals surface area contributed by atoms with Crippen molar-refractivity contribution >= 4 is 47.9 Å². The summed E-state index contributed by atoms with van der Waals surface area (Å²) in [6.45, 7) is -0.626. The minimum absolute atomic E-state index is 0.0943. The van der Waals surface area contributed by atoms with E-state index in [1.165, 1.54) is 7.05 Å². The predicted octanol–water partition coefficient (Wildman–Crippen LogP) is -3.02. The summed E-state index contributed by atoms with van der Waals surface area (Å²) in [5, 5.41) is 15.3. The van der Waals surface area contributed by atoms with Crippen LogP contribution in [-0.4, -0.2) is 71.8 Å². The van der Waals surface area contributed by atoms with Gasteiger partial charge in [0, 0.05) is 19.2 Å². The zero-order valence-electron chi connectivity index (χ0n) is 14.1. The monoisotopic (exact) mass is 390 g/mol. The van der Waals surface area contributed by atoms with Crippen molar-refractivity contribution in [2.45, 2.75) is 31.3 Å². The summed E-state index contributed by atoms with van der Waals surface area (Å²) in [6.07, 6.45) is -0.953. The minimum atomic E-state index is -1.25. The summed E-state index contributed by atoms with van der Waals surface area (Å²) < 4.78 is 0. The molecule has 146 valence electrons. The van der Waals surface area contributed by atoms with Crippen LogP contribution in [0.2, 0.25) is 0 Å². The molecule has 12 heteroatoms. The first kappa shape index (κ1) is 23.5. The van der Waals surface area contributed by atoms with E-state index in [1.54, 1.807) is 0 Å². The maximum Gasteiger partial charge on any atom is 0.320 e. The van der Waals surface area contributed by atoms with E-state index in [9.17, 15) is 28.8 Å². The molecular weight excluding hydrogens is 368 g/mol. The fraction of sp³-hybridized carbons (Fsp3) is 0.571. The zero-order chi connectivity index (χ0) is 20.3. The van der Waals surface area contributed by atoms with Gasteiger partial charge in [0.05, 0.1) is 13.0 Å². The van der Waals surface area contributed by atoms with Crippen LogP contribution in [0.3, 0.4) is 0 Å². The van der Waals surface area contributed by atoms with Gasteiger partial charge in [0.2, 0.25) is 29.3 Å². The minimum Gasteiger partial charge on any atom is -0.480 e. The number of ketones is 2. The van der Waals surface area contributed by atoms with E-state index >= 15 is 0 Å². The fourth-order valence-electron chi connectivity index (χ4n) is 1.59. The van der Waals surface area contributed by atoms with Gasteiger partial charge in [0.1, 0.15) is 12.1 Å². The lowest BCUT2D eigenvalue weighted by atomic mass is 10.1. The fourth-order valence-corrected chi connectivity index (χ4v) is 1.85. The van der Waals surface area contributed by atoms with Crippen LogP contribution in [-0.2, 0) is 28.8 Å². The second kappa shape index (κ2) is 12.0. The van der Waals surface area contributed by atoms with Crippen molar-refractivity contribution in [3.05, 3.63) is 0 Å². The molecule has 0 rings (SSSR count). The third-order valence-electron chi connectivity index (χ3n) is 3.17. The number of carboxylic acid groups (broad SMARTS) is 1. The summed E-state index contributed by atoms with van der Waals surface area (Å²) in [7, 11) is 1.31. The van der Waals surface area contributed by atoms with Gasteiger partial charge >= 0.3 is 5.97 Å². The summed E-state index contributed by atoms with van der Waals surface area (Å²) in [6, 6.07) is -2.29. The Balaban J connectivity index is 4.41. The molecule has 6 N–H and O–H groups in total. The summed E-state index contributed by atoms with van der Waals surface area (Å²) in [4.78, 5) is 68.2. The molecule has 3 amide bonds.